The first-order valence-electron chi connectivity index (χ1n) is 8.07. The highest BCUT2D eigenvalue weighted by atomic mass is 16.2. The molecule has 4 atom stereocenters. The summed E-state index contributed by atoms with van der Waals surface area (Å²) in [5, 5.41) is 11.5. The molecular weight excluding hydrogens is 280 g/mol. The lowest BCUT2D eigenvalue weighted by molar-refractivity contribution is -0.141. The fraction of sp³-hybridized carbons (Fsp3) is 0.800. The van der Waals surface area contributed by atoms with Crippen molar-refractivity contribution in [3.05, 3.63) is 11.9 Å². The van der Waals surface area contributed by atoms with E-state index in [1.165, 1.54) is 0 Å². The maximum absolute atomic E-state index is 12.3. The van der Waals surface area contributed by atoms with Crippen molar-refractivity contribution < 1.29 is 4.79 Å². The molecule has 0 radical (unpaired) electrons. The van der Waals surface area contributed by atoms with Crippen molar-refractivity contribution in [1.29, 1.82) is 0 Å². The third kappa shape index (κ3) is 3.01. The third-order valence-electron chi connectivity index (χ3n) is 4.98. The normalized spacial score (nSPS) is 30.5. The van der Waals surface area contributed by atoms with E-state index in [9.17, 15) is 4.79 Å². The highest BCUT2D eigenvalue weighted by molar-refractivity contribution is 5.79. The number of carbonyl (C=O) groups excluding carboxylic acids is 1. The Kier molecular flexibility index (Phi) is 4.44. The van der Waals surface area contributed by atoms with Gasteiger partial charge in [-0.1, -0.05) is 5.21 Å². The van der Waals surface area contributed by atoms with Crippen molar-refractivity contribution in [2.75, 3.05) is 34.2 Å². The van der Waals surface area contributed by atoms with E-state index in [0.29, 0.717) is 12.0 Å². The van der Waals surface area contributed by atoms with Crippen LogP contribution >= 0.6 is 0 Å². The summed E-state index contributed by atoms with van der Waals surface area (Å²) >= 11 is 0. The van der Waals surface area contributed by atoms with E-state index in [1.807, 2.05) is 32.0 Å². The fourth-order valence-electron chi connectivity index (χ4n) is 3.85. The second-order valence-electron chi connectivity index (χ2n) is 6.73. The minimum Gasteiger partial charge on any atom is -0.349 e. The van der Waals surface area contributed by atoms with Crippen LogP contribution in [0.15, 0.2) is 6.20 Å². The summed E-state index contributed by atoms with van der Waals surface area (Å²) in [6, 6.07) is 0.481. The molecule has 1 unspecified atom stereocenters. The zero-order valence-electron chi connectivity index (χ0n) is 13.7. The second-order valence-corrected chi connectivity index (χ2v) is 6.73. The lowest BCUT2D eigenvalue weighted by atomic mass is 9.75. The van der Waals surface area contributed by atoms with Crippen molar-refractivity contribution >= 4 is 5.91 Å². The number of fused-ring (bicyclic) bond motifs is 3. The van der Waals surface area contributed by atoms with Gasteiger partial charge in [-0.05, 0) is 32.4 Å². The molecule has 1 amide bonds. The average Bonchev–Trinajstić information content (AvgIpc) is 2.94. The van der Waals surface area contributed by atoms with Crippen LogP contribution in [0.5, 0.6) is 0 Å². The molecule has 7 nitrogen and oxygen atoms in total. The van der Waals surface area contributed by atoms with Crippen LogP contribution in [0.1, 0.15) is 18.5 Å². The van der Waals surface area contributed by atoms with Gasteiger partial charge in [0.15, 0.2) is 0 Å². The summed E-state index contributed by atoms with van der Waals surface area (Å²) in [6.45, 7) is 3.61. The smallest absolute Gasteiger partial charge is 0.226 e. The Hall–Kier alpha value is -1.47. The van der Waals surface area contributed by atoms with Gasteiger partial charge in [0.1, 0.15) is 0 Å². The zero-order chi connectivity index (χ0) is 15.7. The Morgan fingerprint density at radius 3 is 2.95 bits per heavy atom. The first-order valence-corrected chi connectivity index (χ1v) is 8.07. The number of rotatable bonds is 5. The van der Waals surface area contributed by atoms with Crippen LogP contribution in [0.25, 0.3) is 0 Å². The molecule has 0 saturated carbocycles. The summed E-state index contributed by atoms with van der Waals surface area (Å²) in [4.78, 5) is 16.5. The molecule has 7 heteroatoms. The number of hydrogen-bond acceptors (Lipinski definition) is 5. The standard InChI is InChI=1S/C15H26N6O/c1-16-7-12-8-21(18-17-12)9-13-6-11-4-5-20(13)10-14(11)15(22)19(2)3/h8,11,13-14,16H,4-7,9-10H2,1-3H3/t11-,13-,14+/m1/s1. The van der Waals surface area contributed by atoms with Crippen molar-refractivity contribution in [2.45, 2.75) is 32.0 Å². The number of nitrogens with one attached hydrogen (secondary N) is 1. The minimum absolute atomic E-state index is 0.176. The maximum Gasteiger partial charge on any atom is 0.226 e. The molecule has 0 aromatic carbocycles. The Morgan fingerprint density at radius 1 is 1.50 bits per heavy atom. The number of hydrogen-bond donors (Lipinski definition) is 1. The van der Waals surface area contributed by atoms with E-state index in [4.69, 9.17) is 0 Å². The van der Waals surface area contributed by atoms with Crippen molar-refractivity contribution in [2.24, 2.45) is 11.8 Å². The third-order valence-corrected chi connectivity index (χ3v) is 4.98. The van der Waals surface area contributed by atoms with E-state index in [2.05, 4.69) is 20.5 Å². The number of carbonyl (C=O) groups is 1. The van der Waals surface area contributed by atoms with E-state index >= 15 is 0 Å². The van der Waals surface area contributed by atoms with E-state index in [0.717, 1.165) is 44.7 Å². The molecule has 1 aromatic rings. The van der Waals surface area contributed by atoms with Gasteiger partial charge in [-0.25, -0.2) is 0 Å². The summed E-state index contributed by atoms with van der Waals surface area (Å²) in [5.41, 5.74) is 0.971. The second kappa shape index (κ2) is 6.34. The van der Waals surface area contributed by atoms with Gasteiger partial charge in [-0.3, -0.25) is 14.4 Å². The van der Waals surface area contributed by atoms with Crippen molar-refractivity contribution in [3.8, 4) is 0 Å². The van der Waals surface area contributed by atoms with Gasteiger partial charge >= 0.3 is 0 Å². The minimum atomic E-state index is 0.176. The van der Waals surface area contributed by atoms with E-state index in [-0.39, 0.29) is 11.8 Å². The number of nitrogens with zero attached hydrogens (tertiary/aromatic N) is 5. The Bertz CT molecular complexity index is 528. The molecule has 3 aliphatic rings. The molecule has 1 aromatic heterocycles. The summed E-state index contributed by atoms with van der Waals surface area (Å²) < 4.78 is 1.95. The number of piperidine rings is 3. The quantitative estimate of drug-likeness (QED) is 0.816. The SMILES string of the molecule is CNCc1cn(C[C@H]2C[C@H]3CCN2C[C@@H]3C(=O)N(C)C)nn1. The van der Waals surface area contributed by atoms with Gasteiger partial charge in [0.25, 0.3) is 0 Å². The molecule has 22 heavy (non-hydrogen) atoms. The Labute approximate surface area is 131 Å². The van der Waals surface area contributed by atoms with Gasteiger partial charge in [0, 0.05) is 39.4 Å². The number of aromatic nitrogens is 3. The van der Waals surface area contributed by atoms with Crippen LogP contribution in [0.4, 0.5) is 0 Å². The zero-order valence-corrected chi connectivity index (χ0v) is 13.7. The molecule has 4 rings (SSSR count). The molecule has 0 aliphatic carbocycles. The summed E-state index contributed by atoms with van der Waals surface area (Å²) in [5.74, 6) is 0.978. The Morgan fingerprint density at radius 2 is 2.32 bits per heavy atom. The van der Waals surface area contributed by atoms with Gasteiger partial charge in [-0.15, -0.1) is 5.10 Å². The molecule has 122 valence electrons. The first kappa shape index (κ1) is 15.4. The molecule has 4 heterocycles. The highest BCUT2D eigenvalue weighted by Crippen LogP contribution is 2.37. The molecule has 0 spiro atoms. The Balaban J connectivity index is 1.62. The van der Waals surface area contributed by atoms with Gasteiger partial charge in [0.2, 0.25) is 5.91 Å². The molecule has 3 saturated heterocycles. The van der Waals surface area contributed by atoms with E-state index < -0.39 is 0 Å². The highest BCUT2D eigenvalue weighted by Gasteiger charge is 2.43. The summed E-state index contributed by atoms with van der Waals surface area (Å²) in [7, 11) is 5.62. The number of amides is 1. The van der Waals surface area contributed by atoms with Crippen molar-refractivity contribution in [1.82, 2.24) is 30.1 Å². The fourth-order valence-corrected chi connectivity index (χ4v) is 3.85. The molecule has 2 bridgehead atoms. The first-order chi connectivity index (χ1) is 10.6. The monoisotopic (exact) mass is 306 g/mol. The average molecular weight is 306 g/mol. The molecule has 3 aliphatic heterocycles. The molecular formula is C15H26N6O. The van der Waals surface area contributed by atoms with Gasteiger partial charge in [-0.2, -0.15) is 0 Å². The van der Waals surface area contributed by atoms with Crippen LogP contribution in [0.3, 0.4) is 0 Å². The topological polar surface area (TPSA) is 66.3 Å². The van der Waals surface area contributed by atoms with Crippen LogP contribution in [-0.4, -0.2) is 71.0 Å². The maximum atomic E-state index is 12.3. The van der Waals surface area contributed by atoms with Crippen LogP contribution < -0.4 is 5.32 Å². The van der Waals surface area contributed by atoms with E-state index in [1.54, 1.807) is 4.90 Å². The van der Waals surface area contributed by atoms with Crippen LogP contribution in [0.2, 0.25) is 0 Å². The van der Waals surface area contributed by atoms with Crippen LogP contribution in [-0.2, 0) is 17.9 Å². The summed E-state index contributed by atoms with van der Waals surface area (Å²) in [6.07, 6.45) is 4.25. The van der Waals surface area contributed by atoms with Crippen molar-refractivity contribution in [3.63, 3.8) is 0 Å². The lowest BCUT2D eigenvalue weighted by Gasteiger charge is -2.49. The molecule has 1 N–H and O–H groups in total. The van der Waals surface area contributed by atoms with Crippen LogP contribution in [0, 0.1) is 11.8 Å². The predicted octanol–water partition coefficient (Wildman–Crippen LogP) is -0.204. The van der Waals surface area contributed by atoms with Gasteiger partial charge in [0.05, 0.1) is 18.2 Å². The predicted molar refractivity (Wildman–Crippen MR) is 83.1 cm³/mol. The molecule has 3 fully saturated rings. The van der Waals surface area contributed by atoms with Gasteiger partial charge < -0.3 is 10.2 Å². The lowest BCUT2D eigenvalue weighted by Crippen LogP contribution is -2.57. The largest absolute Gasteiger partial charge is 0.349 e.